The number of thioether (sulfide) groups is 2. The molecular formula is C16H14F2S4. The van der Waals surface area contributed by atoms with Gasteiger partial charge in [0.15, 0.2) is 0 Å². The van der Waals surface area contributed by atoms with Crippen molar-refractivity contribution in [2.75, 3.05) is 0 Å². The van der Waals surface area contributed by atoms with E-state index in [9.17, 15) is 8.78 Å². The summed E-state index contributed by atoms with van der Waals surface area (Å²) >= 11 is 11.8. The first kappa shape index (κ1) is 17.8. The second-order valence-electron chi connectivity index (χ2n) is 4.45. The number of rotatable bonds is 6. The van der Waals surface area contributed by atoms with E-state index < -0.39 is 0 Å². The summed E-state index contributed by atoms with van der Waals surface area (Å²) in [4.78, 5) is 0. The van der Waals surface area contributed by atoms with Gasteiger partial charge in [-0.1, -0.05) is 24.3 Å². The number of hydrogen-bond donors (Lipinski definition) is 2. The van der Waals surface area contributed by atoms with Crippen molar-refractivity contribution in [1.82, 2.24) is 0 Å². The monoisotopic (exact) mass is 372 g/mol. The van der Waals surface area contributed by atoms with Crippen LogP contribution in [0.2, 0.25) is 0 Å². The Bertz CT molecular complexity index is 613. The van der Waals surface area contributed by atoms with Gasteiger partial charge in [0.2, 0.25) is 0 Å². The largest absolute Gasteiger partial charge is 0.207 e. The Morgan fingerprint density at radius 3 is 1.55 bits per heavy atom. The summed E-state index contributed by atoms with van der Waals surface area (Å²) in [6, 6.07) is 13.0. The summed E-state index contributed by atoms with van der Waals surface area (Å²) in [7, 11) is 0. The van der Waals surface area contributed by atoms with Crippen LogP contribution in [0.15, 0.2) is 57.0 Å². The van der Waals surface area contributed by atoms with Crippen LogP contribution in [0.4, 0.5) is 8.78 Å². The van der Waals surface area contributed by atoms with Crippen molar-refractivity contribution in [3.05, 3.63) is 79.8 Å². The van der Waals surface area contributed by atoms with Gasteiger partial charge in [0, 0.05) is 11.5 Å². The summed E-state index contributed by atoms with van der Waals surface area (Å²) in [5.41, 5.74) is 1.79. The van der Waals surface area contributed by atoms with Crippen molar-refractivity contribution in [2.24, 2.45) is 0 Å². The van der Waals surface area contributed by atoms with Crippen molar-refractivity contribution in [1.29, 1.82) is 0 Å². The third-order valence-electron chi connectivity index (χ3n) is 2.71. The highest BCUT2D eigenvalue weighted by Gasteiger charge is 2.04. The summed E-state index contributed by atoms with van der Waals surface area (Å²) in [6.07, 6.45) is 0. The van der Waals surface area contributed by atoms with Gasteiger partial charge in [-0.25, -0.2) is 8.78 Å². The van der Waals surface area contributed by atoms with Gasteiger partial charge < -0.3 is 0 Å². The Morgan fingerprint density at radius 1 is 0.773 bits per heavy atom. The van der Waals surface area contributed by atoms with Crippen LogP contribution in [0.3, 0.4) is 0 Å². The molecule has 22 heavy (non-hydrogen) atoms. The zero-order valence-corrected chi connectivity index (χ0v) is 14.9. The second kappa shape index (κ2) is 8.91. The van der Waals surface area contributed by atoms with Gasteiger partial charge in [0.25, 0.3) is 0 Å². The van der Waals surface area contributed by atoms with Crippen molar-refractivity contribution in [3.63, 3.8) is 0 Å². The third-order valence-corrected chi connectivity index (χ3v) is 6.45. The lowest BCUT2D eigenvalue weighted by Gasteiger charge is -2.06. The minimum absolute atomic E-state index is 0.241. The molecule has 2 aromatic carbocycles. The lowest BCUT2D eigenvalue weighted by molar-refractivity contribution is 0.626. The van der Waals surface area contributed by atoms with Gasteiger partial charge in [-0.2, -0.15) is 0 Å². The lowest BCUT2D eigenvalue weighted by Crippen LogP contribution is -1.84. The van der Waals surface area contributed by atoms with Crippen LogP contribution in [0, 0.1) is 11.6 Å². The van der Waals surface area contributed by atoms with Crippen LogP contribution in [0.1, 0.15) is 11.1 Å². The summed E-state index contributed by atoms with van der Waals surface area (Å²) in [5, 5.41) is 0. The molecule has 0 fully saturated rings. The van der Waals surface area contributed by atoms with Gasteiger partial charge in [0.1, 0.15) is 11.6 Å². The molecule has 2 rings (SSSR count). The van der Waals surface area contributed by atoms with Gasteiger partial charge in [-0.05, 0) is 35.4 Å². The quantitative estimate of drug-likeness (QED) is 0.587. The van der Waals surface area contributed by atoms with Crippen LogP contribution >= 0.6 is 48.8 Å². The van der Waals surface area contributed by atoms with Gasteiger partial charge in [0.05, 0.1) is 8.47 Å². The zero-order chi connectivity index (χ0) is 15.9. The highest BCUT2D eigenvalue weighted by molar-refractivity contribution is 8.21. The molecule has 0 saturated heterocycles. The van der Waals surface area contributed by atoms with E-state index in [2.05, 4.69) is 25.3 Å². The van der Waals surface area contributed by atoms with E-state index in [1.165, 1.54) is 47.8 Å². The van der Waals surface area contributed by atoms with Crippen LogP contribution in [-0.4, -0.2) is 0 Å². The maximum Gasteiger partial charge on any atom is 0.123 e. The van der Waals surface area contributed by atoms with Crippen LogP contribution < -0.4 is 0 Å². The molecular weight excluding hydrogens is 358 g/mol. The minimum Gasteiger partial charge on any atom is -0.207 e. The molecule has 0 aliphatic carbocycles. The van der Waals surface area contributed by atoms with E-state index >= 15 is 0 Å². The van der Waals surface area contributed by atoms with E-state index in [0.717, 1.165) is 19.6 Å². The molecule has 0 N–H and O–H groups in total. The van der Waals surface area contributed by atoms with Gasteiger partial charge in [-0.3, -0.25) is 0 Å². The molecule has 0 saturated carbocycles. The number of benzene rings is 2. The molecule has 0 heterocycles. The van der Waals surface area contributed by atoms with Gasteiger partial charge >= 0.3 is 0 Å². The summed E-state index contributed by atoms with van der Waals surface area (Å²) < 4.78 is 27.7. The van der Waals surface area contributed by atoms with Crippen LogP contribution in [0.25, 0.3) is 0 Å². The second-order valence-corrected chi connectivity index (χ2v) is 7.92. The highest BCUT2D eigenvalue weighted by atomic mass is 32.2. The number of hydrogen-bond acceptors (Lipinski definition) is 4. The third kappa shape index (κ3) is 5.91. The minimum atomic E-state index is -0.241. The molecule has 0 spiro atoms. The molecule has 0 aromatic heterocycles. The fourth-order valence-corrected chi connectivity index (χ4v) is 4.02. The molecule has 0 aliphatic heterocycles. The fraction of sp³-hybridized carbons (Fsp3) is 0.125. The summed E-state index contributed by atoms with van der Waals surface area (Å²) in [6.45, 7) is 0. The van der Waals surface area contributed by atoms with Crippen molar-refractivity contribution >= 4 is 48.8 Å². The van der Waals surface area contributed by atoms with Crippen molar-refractivity contribution in [3.8, 4) is 0 Å². The average molecular weight is 373 g/mol. The van der Waals surface area contributed by atoms with E-state index in [1.807, 2.05) is 12.1 Å². The first-order valence-electron chi connectivity index (χ1n) is 6.41. The Kier molecular flexibility index (Phi) is 7.21. The van der Waals surface area contributed by atoms with Crippen molar-refractivity contribution < 1.29 is 8.78 Å². The highest BCUT2D eigenvalue weighted by Crippen LogP contribution is 2.36. The van der Waals surface area contributed by atoms with Gasteiger partial charge in [-0.15, -0.1) is 48.8 Å². The number of thiol groups is 2. The zero-order valence-electron chi connectivity index (χ0n) is 11.5. The average Bonchev–Trinajstić information content (AvgIpc) is 2.50. The molecule has 2 aromatic rings. The maximum atomic E-state index is 13.1. The van der Waals surface area contributed by atoms with Crippen LogP contribution in [-0.2, 0) is 11.5 Å². The molecule has 116 valence electrons. The van der Waals surface area contributed by atoms with E-state index in [1.54, 1.807) is 12.1 Å². The standard InChI is InChI=1S/C16H14F2S4/c17-13-5-1-3-11(7-13)9-21-15(19)16(20)22-10-12-4-2-6-14(18)8-12/h1-8,19-20H,9-10H2/b16-15-. The Hall–Kier alpha value is -0.560. The number of halogens is 2. The Balaban J connectivity index is 1.89. The fourth-order valence-electron chi connectivity index (χ4n) is 1.68. The first-order chi connectivity index (χ1) is 10.5. The summed E-state index contributed by atoms with van der Waals surface area (Å²) in [5.74, 6) is 0.770. The van der Waals surface area contributed by atoms with E-state index in [-0.39, 0.29) is 11.6 Å². The van der Waals surface area contributed by atoms with Crippen molar-refractivity contribution in [2.45, 2.75) is 11.5 Å². The molecule has 6 heteroatoms. The van der Waals surface area contributed by atoms with E-state index in [0.29, 0.717) is 11.5 Å². The Labute approximate surface area is 148 Å². The molecule has 0 aliphatic rings. The lowest BCUT2D eigenvalue weighted by atomic mass is 10.2. The molecule has 0 radical (unpaired) electrons. The van der Waals surface area contributed by atoms with Crippen LogP contribution in [0.5, 0.6) is 0 Å². The molecule has 0 atom stereocenters. The molecule has 0 bridgehead atoms. The van der Waals surface area contributed by atoms with E-state index in [4.69, 9.17) is 0 Å². The molecule has 0 amide bonds. The first-order valence-corrected chi connectivity index (χ1v) is 9.28. The predicted octanol–water partition coefficient (Wildman–Crippen LogP) is 6.12. The smallest absolute Gasteiger partial charge is 0.123 e. The molecule has 0 nitrogen and oxygen atoms in total. The maximum absolute atomic E-state index is 13.1. The normalized spacial score (nSPS) is 12.2. The predicted molar refractivity (Wildman–Crippen MR) is 100 cm³/mol. The topological polar surface area (TPSA) is 0 Å². The molecule has 0 unspecified atom stereocenters. The Morgan fingerprint density at radius 2 is 1.18 bits per heavy atom. The SMILES string of the molecule is Fc1cccc(CS/C(S)=C(/S)SCc2cccc(F)c2)c1.